The smallest absolute Gasteiger partial charge is 0.127 e. The van der Waals surface area contributed by atoms with Crippen molar-refractivity contribution in [3.05, 3.63) is 60.2 Å². The van der Waals surface area contributed by atoms with Crippen molar-refractivity contribution in [2.24, 2.45) is 5.41 Å². The third kappa shape index (κ3) is 6.09. The van der Waals surface area contributed by atoms with Crippen molar-refractivity contribution in [3.8, 4) is 11.5 Å². The average molecular weight is 312 g/mol. The zero-order chi connectivity index (χ0) is 17.3. The minimum atomic E-state index is 0.289. The standard InChI is InChI=1S/C20H26O.C2H6/c1-5-9-19(20(2,3)4)16-12-14-18(15-13-16)21-17-10-7-6-8-11-17;1-2/h6-8,10-15,19H,5,9H2,1-4H3;1-2H3. The van der Waals surface area contributed by atoms with Gasteiger partial charge in [0.25, 0.3) is 0 Å². The fourth-order valence-corrected chi connectivity index (χ4v) is 2.78. The van der Waals surface area contributed by atoms with Gasteiger partial charge >= 0.3 is 0 Å². The lowest BCUT2D eigenvalue weighted by molar-refractivity contribution is 0.303. The summed E-state index contributed by atoms with van der Waals surface area (Å²) in [5.41, 5.74) is 1.70. The van der Waals surface area contributed by atoms with E-state index in [0.29, 0.717) is 5.92 Å². The Morgan fingerprint density at radius 1 is 0.826 bits per heavy atom. The Bertz CT molecular complexity index is 534. The fourth-order valence-electron chi connectivity index (χ4n) is 2.78. The molecule has 0 aliphatic carbocycles. The van der Waals surface area contributed by atoms with Crippen LogP contribution in [0.25, 0.3) is 0 Å². The van der Waals surface area contributed by atoms with Crippen molar-refractivity contribution >= 4 is 0 Å². The number of hydrogen-bond donors (Lipinski definition) is 0. The Labute approximate surface area is 142 Å². The molecule has 0 spiro atoms. The van der Waals surface area contributed by atoms with Gasteiger partial charge in [-0.2, -0.15) is 0 Å². The van der Waals surface area contributed by atoms with Crippen LogP contribution in [-0.4, -0.2) is 0 Å². The van der Waals surface area contributed by atoms with Gasteiger partial charge in [-0.15, -0.1) is 0 Å². The molecular weight excluding hydrogens is 280 g/mol. The van der Waals surface area contributed by atoms with E-state index < -0.39 is 0 Å². The van der Waals surface area contributed by atoms with Gasteiger partial charge in [0.15, 0.2) is 0 Å². The van der Waals surface area contributed by atoms with Gasteiger partial charge in [-0.25, -0.2) is 0 Å². The van der Waals surface area contributed by atoms with Gasteiger partial charge in [0.2, 0.25) is 0 Å². The summed E-state index contributed by atoms with van der Waals surface area (Å²) in [5, 5.41) is 0. The van der Waals surface area contributed by atoms with Crippen LogP contribution < -0.4 is 4.74 Å². The van der Waals surface area contributed by atoms with E-state index in [0.717, 1.165) is 11.5 Å². The predicted molar refractivity (Wildman–Crippen MR) is 101 cm³/mol. The highest BCUT2D eigenvalue weighted by Gasteiger charge is 2.25. The lowest BCUT2D eigenvalue weighted by Gasteiger charge is -2.31. The van der Waals surface area contributed by atoms with E-state index in [1.54, 1.807) is 0 Å². The SMILES string of the molecule is CC.CCCC(c1ccc(Oc2ccccc2)cc1)C(C)(C)C. The second-order valence-electron chi connectivity index (χ2n) is 6.69. The third-order valence-corrected chi connectivity index (χ3v) is 3.88. The molecule has 0 bridgehead atoms. The average Bonchev–Trinajstić information content (AvgIpc) is 2.55. The monoisotopic (exact) mass is 312 g/mol. The maximum absolute atomic E-state index is 5.86. The highest BCUT2D eigenvalue weighted by molar-refractivity contribution is 5.34. The second kappa shape index (κ2) is 9.39. The van der Waals surface area contributed by atoms with E-state index in [1.807, 2.05) is 44.2 Å². The highest BCUT2D eigenvalue weighted by atomic mass is 16.5. The lowest BCUT2D eigenvalue weighted by Crippen LogP contribution is -2.18. The van der Waals surface area contributed by atoms with E-state index in [-0.39, 0.29) is 5.41 Å². The third-order valence-electron chi connectivity index (χ3n) is 3.88. The molecule has 126 valence electrons. The predicted octanol–water partition coefficient (Wildman–Crippen LogP) is 7.43. The molecular formula is C22H32O. The number of rotatable bonds is 5. The van der Waals surface area contributed by atoms with Gasteiger partial charge in [0, 0.05) is 0 Å². The minimum Gasteiger partial charge on any atom is -0.457 e. The van der Waals surface area contributed by atoms with Crippen LogP contribution in [0.5, 0.6) is 11.5 Å². The summed E-state index contributed by atoms with van der Waals surface area (Å²) in [6.45, 7) is 13.2. The van der Waals surface area contributed by atoms with Gasteiger partial charge in [-0.3, -0.25) is 0 Å². The first-order valence-corrected chi connectivity index (χ1v) is 8.83. The van der Waals surface area contributed by atoms with Crippen molar-refractivity contribution in [1.82, 2.24) is 0 Å². The molecule has 2 rings (SSSR count). The highest BCUT2D eigenvalue weighted by Crippen LogP contribution is 2.39. The van der Waals surface area contributed by atoms with E-state index in [9.17, 15) is 0 Å². The topological polar surface area (TPSA) is 9.23 Å². The molecule has 23 heavy (non-hydrogen) atoms. The first kappa shape index (κ1) is 19.3. The maximum Gasteiger partial charge on any atom is 0.127 e. The summed E-state index contributed by atoms with van der Waals surface area (Å²) < 4.78 is 5.86. The molecule has 0 aromatic heterocycles. The first-order chi connectivity index (χ1) is 11.0. The van der Waals surface area contributed by atoms with Crippen LogP contribution in [0.3, 0.4) is 0 Å². The van der Waals surface area contributed by atoms with Crippen LogP contribution in [0, 0.1) is 5.41 Å². The van der Waals surface area contributed by atoms with Crippen molar-refractivity contribution in [1.29, 1.82) is 0 Å². The molecule has 0 radical (unpaired) electrons. The molecule has 0 aliphatic rings. The summed E-state index contributed by atoms with van der Waals surface area (Å²) in [7, 11) is 0. The lowest BCUT2D eigenvalue weighted by atomic mass is 9.74. The fraction of sp³-hybridized carbons (Fsp3) is 0.455. The summed E-state index contributed by atoms with van der Waals surface area (Å²) in [5.74, 6) is 2.37. The van der Waals surface area contributed by atoms with Crippen molar-refractivity contribution in [3.63, 3.8) is 0 Å². The molecule has 0 aliphatic heterocycles. The number of ether oxygens (including phenoxy) is 1. The van der Waals surface area contributed by atoms with Crippen LogP contribution >= 0.6 is 0 Å². The molecule has 0 saturated heterocycles. The number of hydrogen-bond acceptors (Lipinski definition) is 1. The van der Waals surface area contributed by atoms with E-state index in [2.05, 4.69) is 52.0 Å². The largest absolute Gasteiger partial charge is 0.457 e. The van der Waals surface area contributed by atoms with Gasteiger partial charge in [-0.05, 0) is 47.6 Å². The normalized spacial score (nSPS) is 12.1. The summed E-state index contributed by atoms with van der Waals surface area (Å²) in [4.78, 5) is 0. The summed E-state index contributed by atoms with van der Waals surface area (Å²) in [6, 6.07) is 18.5. The van der Waals surface area contributed by atoms with Gasteiger partial charge in [-0.1, -0.05) is 78.3 Å². The molecule has 0 N–H and O–H groups in total. The minimum absolute atomic E-state index is 0.289. The Morgan fingerprint density at radius 3 is 1.83 bits per heavy atom. The molecule has 0 amide bonds. The molecule has 0 fully saturated rings. The molecule has 1 nitrogen and oxygen atoms in total. The molecule has 0 heterocycles. The second-order valence-corrected chi connectivity index (χ2v) is 6.69. The summed E-state index contributed by atoms with van der Waals surface area (Å²) >= 11 is 0. The maximum atomic E-state index is 5.86. The van der Waals surface area contributed by atoms with E-state index >= 15 is 0 Å². The van der Waals surface area contributed by atoms with Crippen LogP contribution in [-0.2, 0) is 0 Å². The molecule has 1 heteroatoms. The van der Waals surface area contributed by atoms with Crippen LogP contribution in [0.1, 0.15) is 65.9 Å². The first-order valence-electron chi connectivity index (χ1n) is 8.83. The Morgan fingerprint density at radius 2 is 1.35 bits per heavy atom. The van der Waals surface area contributed by atoms with Gasteiger partial charge in [0.05, 0.1) is 0 Å². The quantitative estimate of drug-likeness (QED) is 0.557. The van der Waals surface area contributed by atoms with E-state index in [1.165, 1.54) is 18.4 Å². The van der Waals surface area contributed by atoms with Crippen LogP contribution in [0.2, 0.25) is 0 Å². The molecule has 1 unspecified atom stereocenters. The van der Waals surface area contributed by atoms with Crippen LogP contribution in [0.4, 0.5) is 0 Å². The molecule has 2 aromatic carbocycles. The molecule has 0 saturated carbocycles. The van der Waals surface area contributed by atoms with Crippen molar-refractivity contribution in [2.45, 2.75) is 60.3 Å². The zero-order valence-corrected chi connectivity index (χ0v) is 15.6. The molecule has 1 atom stereocenters. The number of benzene rings is 2. The Balaban J connectivity index is 0.00000127. The zero-order valence-electron chi connectivity index (χ0n) is 15.6. The Hall–Kier alpha value is -1.76. The van der Waals surface area contributed by atoms with Crippen LogP contribution in [0.15, 0.2) is 54.6 Å². The van der Waals surface area contributed by atoms with Gasteiger partial charge < -0.3 is 4.74 Å². The summed E-state index contributed by atoms with van der Waals surface area (Å²) in [6.07, 6.45) is 2.44. The number of para-hydroxylation sites is 1. The Kier molecular flexibility index (Phi) is 7.88. The van der Waals surface area contributed by atoms with E-state index in [4.69, 9.17) is 4.74 Å². The van der Waals surface area contributed by atoms with Crippen molar-refractivity contribution in [2.75, 3.05) is 0 Å². The molecule has 2 aromatic rings. The van der Waals surface area contributed by atoms with Crippen molar-refractivity contribution < 1.29 is 4.74 Å². The van der Waals surface area contributed by atoms with Gasteiger partial charge in [0.1, 0.15) is 11.5 Å².